The Morgan fingerprint density at radius 2 is 1.38 bits per heavy atom. The van der Waals surface area contributed by atoms with Gasteiger partial charge in [-0.2, -0.15) is 0 Å². The maximum Gasteiger partial charge on any atom is 0.335 e. The van der Waals surface area contributed by atoms with Crippen LogP contribution in [0.2, 0.25) is 29.2 Å². The lowest BCUT2D eigenvalue weighted by Crippen LogP contribution is -2.58. The second-order valence-electron chi connectivity index (χ2n) is 8.33. The molecule has 0 spiro atoms. The predicted molar refractivity (Wildman–Crippen MR) is 113 cm³/mol. The monoisotopic (exact) mass is 375 g/mol. The molecule has 0 heterocycles. The van der Waals surface area contributed by atoms with Crippen molar-refractivity contribution in [3.63, 3.8) is 0 Å². The highest BCUT2D eigenvalue weighted by atomic mass is 28.4. The molecule has 0 aliphatic heterocycles. The van der Waals surface area contributed by atoms with Crippen LogP contribution < -0.4 is 4.98 Å². The van der Waals surface area contributed by atoms with Gasteiger partial charge < -0.3 is 13.8 Å². The first kappa shape index (κ1) is 24.3. The molecule has 146 valence electrons. The molecule has 0 radical (unpaired) electrons. The van der Waals surface area contributed by atoms with Crippen molar-refractivity contribution in [3.05, 3.63) is 0 Å². The van der Waals surface area contributed by atoms with E-state index in [1.807, 2.05) is 0 Å². The Labute approximate surface area is 154 Å². The van der Waals surface area contributed by atoms with Gasteiger partial charge >= 0.3 is 8.56 Å². The second-order valence-corrected chi connectivity index (χ2v) is 17.3. The van der Waals surface area contributed by atoms with Crippen LogP contribution in [-0.4, -0.2) is 36.1 Å². The zero-order valence-electron chi connectivity index (χ0n) is 18.2. The summed E-state index contributed by atoms with van der Waals surface area (Å²) in [4.78, 5) is 4.06. The molecular formula is C19H45NO2Si2. The molecule has 0 aromatic carbocycles. The van der Waals surface area contributed by atoms with E-state index in [0.717, 1.165) is 48.7 Å². The van der Waals surface area contributed by atoms with Crippen LogP contribution in [0.25, 0.3) is 0 Å². The summed E-state index contributed by atoms with van der Waals surface area (Å²) >= 11 is 0. The molecule has 2 unspecified atom stereocenters. The van der Waals surface area contributed by atoms with Gasteiger partial charge in [0.2, 0.25) is 0 Å². The van der Waals surface area contributed by atoms with Crippen LogP contribution in [0.4, 0.5) is 0 Å². The molecule has 0 saturated heterocycles. The van der Waals surface area contributed by atoms with Crippen LogP contribution in [0.1, 0.15) is 75.2 Å². The van der Waals surface area contributed by atoms with E-state index in [1.165, 1.54) is 0 Å². The minimum Gasteiger partial charge on any atom is -0.395 e. The first-order chi connectivity index (χ1) is 11.1. The molecule has 3 nitrogen and oxygen atoms in total. The summed E-state index contributed by atoms with van der Waals surface area (Å²) in [5, 5.41) is 0. The first-order valence-corrected chi connectivity index (χ1v) is 14.9. The Bertz CT molecular complexity index is 316. The third-order valence-electron chi connectivity index (χ3n) is 5.58. The molecule has 0 bridgehead atoms. The van der Waals surface area contributed by atoms with Gasteiger partial charge in [-0.25, -0.2) is 0 Å². The van der Waals surface area contributed by atoms with Gasteiger partial charge in [-0.1, -0.05) is 48.5 Å². The van der Waals surface area contributed by atoms with Crippen LogP contribution in [-0.2, 0) is 8.85 Å². The fourth-order valence-electron chi connectivity index (χ4n) is 4.31. The molecule has 5 heteroatoms. The van der Waals surface area contributed by atoms with Crippen LogP contribution in [0.3, 0.4) is 0 Å². The van der Waals surface area contributed by atoms with Crippen molar-refractivity contribution >= 4 is 16.8 Å². The van der Waals surface area contributed by atoms with Crippen LogP contribution in [0, 0.1) is 0 Å². The molecule has 0 rings (SSSR count). The van der Waals surface area contributed by atoms with E-state index in [1.54, 1.807) is 0 Å². The van der Waals surface area contributed by atoms with Gasteiger partial charge in [0.1, 0.15) is 8.24 Å². The first-order valence-electron chi connectivity index (χ1n) is 10.1. The molecule has 2 atom stereocenters. The van der Waals surface area contributed by atoms with Crippen molar-refractivity contribution in [3.8, 4) is 0 Å². The average molecular weight is 376 g/mol. The van der Waals surface area contributed by atoms with Crippen molar-refractivity contribution < 1.29 is 8.85 Å². The van der Waals surface area contributed by atoms with Gasteiger partial charge in [-0.15, -0.1) is 0 Å². The van der Waals surface area contributed by atoms with Crippen molar-refractivity contribution in [2.45, 2.75) is 110 Å². The van der Waals surface area contributed by atoms with E-state index in [9.17, 15) is 0 Å². The van der Waals surface area contributed by atoms with E-state index in [-0.39, 0.29) is 0 Å². The molecule has 0 aliphatic carbocycles. The highest BCUT2D eigenvalue weighted by Crippen LogP contribution is 2.39. The Kier molecular flexibility index (Phi) is 11.3. The quantitative estimate of drug-likeness (QED) is 0.313. The van der Waals surface area contributed by atoms with Crippen LogP contribution in [0.15, 0.2) is 0 Å². The fraction of sp³-hybridized carbons (Fsp3) is 1.00. The Morgan fingerprint density at radius 3 is 1.75 bits per heavy atom. The summed E-state index contributed by atoms with van der Waals surface area (Å²) in [5.41, 5.74) is 2.26. The van der Waals surface area contributed by atoms with E-state index in [4.69, 9.17) is 8.85 Å². The molecule has 0 aromatic rings. The standard InChI is InChI=1S/C19H45NO2Si2/c1-11-19(9)22-23(10,21-12-2)15-13-14-20-24(16(3)4,17(5)6)18(7)8/h16-20H,11-15H2,1-10H3. The molecular weight excluding hydrogens is 330 g/mol. The van der Waals surface area contributed by atoms with E-state index in [2.05, 4.69) is 73.8 Å². The van der Waals surface area contributed by atoms with Gasteiger partial charge in [0.05, 0.1) is 0 Å². The highest BCUT2D eigenvalue weighted by molar-refractivity contribution is 6.81. The zero-order valence-corrected chi connectivity index (χ0v) is 20.2. The number of rotatable bonds is 13. The summed E-state index contributed by atoms with van der Waals surface area (Å²) < 4.78 is 12.4. The second kappa shape index (κ2) is 11.1. The Balaban J connectivity index is 4.75. The third-order valence-corrected chi connectivity index (χ3v) is 15.2. The van der Waals surface area contributed by atoms with Crippen molar-refractivity contribution in [1.82, 2.24) is 4.98 Å². The number of hydrogen-bond acceptors (Lipinski definition) is 3. The molecule has 0 aromatic heterocycles. The largest absolute Gasteiger partial charge is 0.395 e. The number of hydrogen-bond donors (Lipinski definition) is 1. The van der Waals surface area contributed by atoms with Gasteiger partial charge in [-0.3, -0.25) is 0 Å². The van der Waals surface area contributed by atoms with Crippen LogP contribution >= 0.6 is 0 Å². The van der Waals surface area contributed by atoms with Crippen molar-refractivity contribution in [2.75, 3.05) is 13.2 Å². The van der Waals surface area contributed by atoms with Gasteiger partial charge in [0, 0.05) is 12.7 Å². The summed E-state index contributed by atoms with van der Waals surface area (Å²) in [5.74, 6) is 0. The minimum absolute atomic E-state index is 0.302. The minimum atomic E-state index is -2.04. The number of nitrogens with one attached hydrogen (secondary N) is 1. The third kappa shape index (κ3) is 6.91. The smallest absolute Gasteiger partial charge is 0.335 e. The zero-order chi connectivity index (χ0) is 19.0. The van der Waals surface area contributed by atoms with Gasteiger partial charge in [0.25, 0.3) is 0 Å². The SMILES string of the molecule is CCO[Si](C)(CCCN[Si](C(C)C)(C(C)C)C(C)C)OC(C)CC. The normalized spacial score (nSPS) is 16.9. The van der Waals surface area contributed by atoms with Crippen LogP contribution in [0.5, 0.6) is 0 Å². The van der Waals surface area contributed by atoms with E-state index >= 15 is 0 Å². The molecule has 1 N–H and O–H groups in total. The van der Waals surface area contributed by atoms with E-state index < -0.39 is 16.8 Å². The Hall–Kier alpha value is 0.314. The lowest BCUT2D eigenvalue weighted by Gasteiger charge is -2.44. The Morgan fingerprint density at radius 1 is 0.875 bits per heavy atom. The summed E-state index contributed by atoms with van der Waals surface area (Å²) in [7, 11) is -3.53. The summed E-state index contributed by atoms with van der Waals surface area (Å²) in [6, 6.07) is 1.08. The lowest BCUT2D eigenvalue weighted by atomic mass is 10.3. The molecule has 0 amide bonds. The van der Waals surface area contributed by atoms with Gasteiger partial charge in [-0.05, 0) is 62.4 Å². The maximum absolute atomic E-state index is 6.30. The summed E-state index contributed by atoms with van der Waals surface area (Å²) in [6.45, 7) is 25.0. The summed E-state index contributed by atoms with van der Waals surface area (Å²) in [6.07, 6.45) is 2.51. The maximum atomic E-state index is 6.30. The van der Waals surface area contributed by atoms with Crippen molar-refractivity contribution in [1.29, 1.82) is 0 Å². The molecule has 24 heavy (non-hydrogen) atoms. The fourth-order valence-corrected chi connectivity index (χ4v) is 12.9. The van der Waals surface area contributed by atoms with Crippen molar-refractivity contribution in [2.24, 2.45) is 0 Å². The molecule has 0 saturated carbocycles. The molecule has 0 aliphatic rings. The highest BCUT2D eigenvalue weighted by Gasteiger charge is 2.42. The predicted octanol–water partition coefficient (Wildman–Crippen LogP) is 6.07. The lowest BCUT2D eigenvalue weighted by molar-refractivity contribution is 0.128. The molecule has 0 fully saturated rings. The topological polar surface area (TPSA) is 30.5 Å². The average Bonchev–Trinajstić information content (AvgIpc) is 2.46. The van der Waals surface area contributed by atoms with Gasteiger partial charge in [0.15, 0.2) is 0 Å². The van der Waals surface area contributed by atoms with E-state index in [0.29, 0.717) is 6.10 Å².